The van der Waals surface area contributed by atoms with Crippen molar-refractivity contribution in [1.29, 1.82) is 10.5 Å². The quantitative estimate of drug-likeness (QED) is 0.170. The number of nitrogens with zero attached hydrogens (tertiary/aromatic N) is 5. The first-order chi connectivity index (χ1) is 21.3. The Balaban J connectivity index is 1.49. The van der Waals surface area contributed by atoms with Crippen LogP contribution in [0.2, 0.25) is 5.02 Å². The van der Waals surface area contributed by atoms with Crippen LogP contribution in [-0.2, 0) is 0 Å². The second kappa shape index (κ2) is 11.0. The molecule has 13 heteroatoms. The zero-order valence-electron chi connectivity index (χ0n) is 24.6. The number of rotatable bonds is 7. The van der Waals surface area contributed by atoms with Crippen LogP contribution in [0.15, 0.2) is 60.7 Å². The summed E-state index contributed by atoms with van der Waals surface area (Å²) in [5.74, 6) is 0. The van der Waals surface area contributed by atoms with Gasteiger partial charge in [-0.2, -0.15) is 23.7 Å². The van der Waals surface area contributed by atoms with Gasteiger partial charge in [-0.05, 0) is 47.4 Å². The van der Waals surface area contributed by atoms with E-state index in [1.54, 1.807) is 18.3 Å². The lowest BCUT2D eigenvalue weighted by molar-refractivity contribution is -0.195. The number of benzene rings is 2. The van der Waals surface area contributed by atoms with Crippen molar-refractivity contribution in [3.05, 3.63) is 82.5 Å². The number of pyridine rings is 2. The van der Waals surface area contributed by atoms with E-state index >= 15 is 0 Å². The van der Waals surface area contributed by atoms with Gasteiger partial charge in [-0.15, -0.1) is 5.53 Å². The van der Waals surface area contributed by atoms with Gasteiger partial charge >= 0.3 is 6.18 Å². The van der Waals surface area contributed by atoms with E-state index < -0.39 is 17.8 Å². The Morgan fingerprint density at radius 2 is 1.84 bits per heavy atom. The average molecular weight is 632 g/mol. The van der Waals surface area contributed by atoms with Crippen molar-refractivity contribution in [2.45, 2.75) is 51.4 Å². The molecule has 1 fully saturated rings. The van der Waals surface area contributed by atoms with E-state index in [4.69, 9.17) is 11.6 Å². The molecule has 0 radical (unpaired) electrons. The monoisotopic (exact) mass is 631 g/mol. The van der Waals surface area contributed by atoms with Crippen molar-refractivity contribution >= 4 is 44.7 Å². The maximum atomic E-state index is 14.0. The van der Waals surface area contributed by atoms with Crippen molar-refractivity contribution in [3.8, 4) is 12.1 Å². The number of aromatic nitrogens is 2. The number of nitrogens with one attached hydrogen (secondary N) is 4. The summed E-state index contributed by atoms with van der Waals surface area (Å²) in [6.07, 6.45) is 0.00491. The van der Waals surface area contributed by atoms with Crippen LogP contribution in [0.4, 0.5) is 24.5 Å². The molecule has 4 N–H and O–H groups in total. The first kappa shape index (κ1) is 30.3. The second-order valence-electron chi connectivity index (χ2n) is 12.5. The number of alkyl halides is 3. The Morgan fingerprint density at radius 1 is 1.07 bits per heavy atom. The van der Waals surface area contributed by atoms with Gasteiger partial charge in [0.25, 0.3) is 0 Å². The molecule has 4 aromatic rings. The summed E-state index contributed by atoms with van der Waals surface area (Å²) in [6, 6.07) is 14.2. The van der Waals surface area contributed by atoms with Gasteiger partial charge in [-0.1, -0.05) is 50.6 Å². The Bertz CT molecular complexity index is 1930. The van der Waals surface area contributed by atoms with Gasteiger partial charge in [-0.25, -0.2) is 4.98 Å². The van der Waals surface area contributed by atoms with Crippen molar-refractivity contribution in [1.82, 2.24) is 25.9 Å². The minimum atomic E-state index is -4.43. The van der Waals surface area contributed by atoms with Gasteiger partial charge in [0.15, 0.2) is 5.54 Å². The molecule has 1 aliphatic heterocycles. The molecule has 45 heavy (non-hydrogen) atoms. The number of anilines is 2. The Morgan fingerprint density at radius 3 is 2.51 bits per heavy atom. The number of halogens is 4. The summed E-state index contributed by atoms with van der Waals surface area (Å²) in [5, 5.41) is 29.7. The summed E-state index contributed by atoms with van der Waals surface area (Å²) in [7, 11) is 0. The highest BCUT2D eigenvalue weighted by Gasteiger charge is 2.67. The second-order valence-corrected chi connectivity index (χ2v) is 12.9. The SMILES string of the molecule is CC(C)(C)CNc1c(C#N)cnc2c(Cl)cc(N[C@H](C3=CN(C4(C(F)(F)F)CC4)NN3)c3cccc4cnc(C#N)cc34)cc12. The first-order valence-electron chi connectivity index (χ1n) is 14.2. The number of fused-ring (bicyclic) bond motifs is 2. The molecule has 1 saturated carbocycles. The maximum absolute atomic E-state index is 14.0. The molecule has 2 aromatic heterocycles. The van der Waals surface area contributed by atoms with Gasteiger partial charge in [0, 0.05) is 41.6 Å². The third-order valence-electron chi connectivity index (χ3n) is 7.99. The van der Waals surface area contributed by atoms with Crippen LogP contribution in [0.3, 0.4) is 0 Å². The fourth-order valence-electron chi connectivity index (χ4n) is 5.45. The molecule has 3 heterocycles. The predicted octanol–water partition coefficient (Wildman–Crippen LogP) is 7.05. The van der Waals surface area contributed by atoms with Crippen LogP contribution >= 0.6 is 11.6 Å². The zero-order chi connectivity index (χ0) is 32.1. The van der Waals surface area contributed by atoms with Gasteiger partial charge < -0.3 is 16.1 Å². The molecule has 2 aromatic carbocycles. The van der Waals surface area contributed by atoms with E-state index in [-0.39, 0.29) is 24.0 Å². The highest BCUT2D eigenvalue weighted by molar-refractivity contribution is 6.35. The van der Waals surface area contributed by atoms with Crippen LogP contribution in [0.1, 0.15) is 56.5 Å². The van der Waals surface area contributed by atoms with Crippen LogP contribution in [0, 0.1) is 28.1 Å². The van der Waals surface area contributed by atoms with E-state index in [1.807, 2.05) is 24.3 Å². The molecule has 6 rings (SSSR count). The molecular formula is C32H29ClF3N9. The van der Waals surface area contributed by atoms with E-state index in [9.17, 15) is 23.7 Å². The first-order valence-corrected chi connectivity index (χ1v) is 14.6. The Labute approximate surface area is 262 Å². The molecule has 0 saturated heterocycles. The normalized spacial score (nSPS) is 16.5. The van der Waals surface area contributed by atoms with Crippen LogP contribution in [0.25, 0.3) is 21.7 Å². The lowest BCUT2D eigenvalue weighted by Crippen LogP contribution is -2.52. The predicted molar refractivity (Wildman–Crippen MR) is 166 cm³/mol. The van der Waals surface area contributed by atoms with Crippen molar-refractivity contribution < 1.29 is 13.2 Å². The van der Waals surface area contributed by atoms with Crippen LogP contribution in [0.5, 0.6) is 0 Å². The number of hydrogen-bond donors (Lipinski definition) is 4. The Kier molecular flexibility index (Phi) is 7.39. The highest BCUT2D eigenvalue weighted by atomic mass is 35.5. The van der Waals surface area contributed by atoms with Crippen LogP contribution in [-0.4, -0.2) is 33.2 Å². The molecule has 1 atom stereocenters. The molecular weight excluding hydrogens is 603 g/mol. The molecule has 0 amide bonds. The Hall–Kier alpha value is -4.78. The fraction of sp³-hybridized carbons (Fsp3) is 0.312. The maximum Gasteiger partial charge on any atom is 0.413 e. The van der Waals surface area contributed by atoms with E-state index in [0.717, 1.165) is 10.4 Å². The van der Waals surface area contributed by atoms with Gasteiger partial charge in [-0.3, -0.25) is 9.99 Å². The van der Waals surface area contributed by atoms with Gasteiger partial charge in [0.05, 0.1) is 33.5 Å². The third kappa shape index (κ3) is 5.63. The average Bonchev–Trinajstić information content (AvgIpc) is 3.69. The summed E-state index contributed by atoms with van der Waals surface area (Å²) in [5.41, 5.74) is 6.85. The van der Waals surface area contributed by atoms with Crippen molar-refractivity contribution in [3.63, 3.8) is 0 Å². The number of nitriles is 2. The van der Waals surface area contributed by atoms with Crippen molar-refractivity contribution in [2.75, 3.05) is 17.2 Å². The molecule has 0 unspecified atom stereocenters. The number of hydrazine groups is 2. The molecule has 0 spiro atoms. The molecule has 2 aliphatic rings. The fourth-order valence-corrected chi connectivity index (χ4v) is 5.72. The molecule has 230 valence electrons. The topological polar surface area (TPSA) is 125 Å². The van der Waals surface area contributed by atoms with E-state index in [1.165, 1.54) is 12.4 Å². The number of hydrogen-bond acceptors (Lipinski definition) is 9. The van der Waals surface area contributed by atoms with Crippen molar-refractivity contribution in [2.24, 2.45) is 5.41 Å². The van der Waals surface area contributed by atoms with E-state index in [0.29, 0.717) is 56.1 Å². The van der Waals surface area contributed by atoms with Crippen LogP contribution < -0.4 is 21.6 Å². The van der Waals surface area contributed by atoms with Gasteiger partial charge in [0.2, 0.25) is 0 Å². The lowest BCUT2D eigenvalue weighted by Gasteiger charge is -2.28. The molecule has 9 nitrogen and oxygen atoms in total. The molecule has 0 bridgehead atoms. The van der Waals surface area contributed by atoms with Gasteiger partial charge in [0.1, 0.15) is 17.8 Å². The largest absolute Gasteiger partial charge is 0.413 e. The standard InChI is InChI=1S/C32H29ClF3N9/c1-30(2,3)17-41-27-19(12-37)15-40-28-24(27)9-20(11-25(28)33)42-29(22-6-4-5-18-14-39-21(13-38)10-23(18)22)26-16-45(44-43-26)31(7-8-31)32(34,35)36/h4-6,9-11,14-16,29,42-44H,7-8,17H2,1-3H3,(H,40,41)/t29-/m0/s1. The zero-order valence-corrected chi connectivity index (χ0v) is 25.4. The third-order valence-corrected chi connectivity index (χ3v) is 8.28. The summed E-state index contributed by atoms with van der Waals surface area (Å²) < 4.78 is 42.1. The molecule has 1 aliphatic carbocycles. The summed E-state index contributed by atoms with van der Waals surface area (Å²) in [6.45, 7) is 6.79. The lowest BCUT2D eigenvalue weighted by atomic mass is 9.96. The smallest absolute Gasteiger partial charge is 0.383 e. The minimum absolute atomic E-state index is 0.0304. The minimum Gasteiger partial charge on any atom is -0.383 e. The highest BCUT2D eigenvalue weighted by Crippen LogP contribution is 2.54. The summed E-state index contributed by atoms with van der Waals surface area (Å²) >= 11 is 6.75. The summed E-state index contributed by atoms with van der Waals surface area (Å²) in [4.78, 5) is 8.61. The van der Waals surface area contributed by atoms with E-state index in [2.05, 4.69) is 64.5 Å².